The number of carbonyl (C=O) groups excluding carboxylic acids is 3. The molecule has 0 aliphatic carbocycles. The Balaban J connectivity index is 1.88. The number of nitrogens with zero attached hydrogens (tertiary/aromatic N) is 1. The summed E-state index contributed by atoms with van der Waals surface area (Å²) in [6.45, 7) is 9.03. The van der Waals surface area contributed by atoms with Gasteiger partial charge in [0, 0.05) is 36.0 Å². The van der Waals surface area contributed by atoms with Crippen molar-refractivity contribution < 1.29 is 23.9 Å². The fraction of sp³-hybridized carbons (Fsp3) is 0.625. The second-order valence-corrected chi connectivity index (χ2v) is 12.6. The molecule has 0 amide bonds. The summed E-state index contributed by atoms with van der Waals surface area (Å²) in [7, 11) is 1.41. The van der Waals surface area contributed by atoms with Crippen LogP contribution in [0.1, 0.15) is 161 Å². The van der Waals surface area contributed by atoms with Crippen LogP contribution in [0.25, 0.3) is 6.08 Å². The van der Waals surface area contributed by atoms with E-state index in [4.69, 9.17) is 9.47 Å². The zero-order valence-electron chi connectivity index (χ0n) is 29.6. The third-order valence-electron chi connectivity index (χ3n) is 9.00. The Bertz CT molecular complexity index is 1210. The van der Waals surface area contributed by atoms with Gasteiger partial charge in [-0.25, -0.2) is 4.79 Å². The first-order valence-corrected chi connectivity index (χ1v) is 18.0. The van der Waals surface area contributed by atoms with Crippen molar-refractivity contribution in [3.63, 3.8) is 0 Å². The number of rotatable bonds is 25. The molecule has 0 radical (unpaired) electrons. The lowest BCUT2D eigenvalue weighted by Gasteiger charge is -2.13. The number of ether oxygens (including phenoxy) is 2. The molecule has 6 nitrogen and oxygen atoms in total. The predicted octanol–water partition coefficient (Wildman–Crippen LogP) is 10.3. The van der Waals surface area contributed by atoms with Crippen molar-refractivity contribution >= 4 is 23.8 Å². The highest BCUT2D eigenvalue weighted by molar-refractivity contribution is 5.99. The summed E-state index contributed by atoms with van der Waals surface area (Å²) in [5, 5.41) is 0. The minimum Gasteiger partial charge on any atom is -0.469 e. The summed E-state index contributed by atoms with van der Waals surface area (Å²) in [5.41, 5.74) is 5.72. The molecule has 6 heteroatoms. The number of hydrogen-bond acceptors (Lipinski definition) is 5. The second-order valence-electron chi connectivity index (χ2n) is 12.6. The van der Waals surface area contributed by atoms with E-state index in [1.807, 2.05) is 38.1 Å². The normalized spacial score (nSPS) is 11.3. The Morgan fingerprint density at radius 3 is 1.80 bits per heavy atom. The van der Waals surface area contributed by atoms with Gasteiger partial charge in [0.15, 0.2) is 5.78 Å². The molecule has 1 aromatic heterocycles. The molecule has 0 aliphatic heterocycles. The molecule has 0 atom stereocenters. The quantitative estimate of drug-likeness (QED) is 0.0470. The van der Waals surface area contributed by atoms with Crippen LogP contribution >= 0.6 is 0 Å². The first-order chi connectivity index (χ1) is 22.3. The number of methoxy groups -OCH3 is 1. The van der Waals surface area contributed by atoms with E-state index in [1.165, 1.54) is 96.7 Å². The van der Waals surface area contributed by atoms with Crippen LogP contribution < -0.4 is 0 Å². The Morgan fingerprint density at radius 1 is 0.739 bits per heavy atom. The molecule has 0 aliphatic rings. The molecule has 0 saturated carbocycles. The minimum absolute atomic E-state index is 0.196. The Morgan fingerprint density at radius 2 is 1.28 bits per heavy atom. The molecule has 0 fully saturated rings. The van der Waals surface area contributed by atoms with Crippen LogP contribution in [0.2, 0.25) is 0 Å². The molecule has 0 unspecified atom stereocenters. The van der Waals surface area contributed by atoms with Crippen LogP contribution in [0, 0.1) is 13.8 Å². The number of carbonyl (C=O) groups is 3. The molecule has 256 valence electrons. The van der Waals surface area contributed by atoms with Crippen LogP contribution in [0.15, 0.2) is 30.3 Å². The van der Waals surface area contributed by atoms with Crippen LogP contribution in [0.3, 0.4) is 0 Å². The highest BCUT2D eigenvalue weighted by atomic mass is 16.5. The maximum Gasteiger partial charge on any atom is 0.330 e. The fourth-order valence-electron chi connectivity index (χ4n) is 6.28. The van der Waals surface area contributed by atoms with Gasteiger partial charge < -0.3 is 14.0 Å². The number of aromatic nitrogens is 1. The Labute approximate surface area is 279 Å². The van der Waals surface area contributed by atoms with Crippen LogP contribution in [-0.4, -0.2) is 36.0 Å². The molecule has 1 heterocycles. The molecule has 0 spiro atoms. The SMILES string of the molecule is CCCCCCCCCCCCCCCCCC(=O)c1c(C)c(CCC(=O)OC)n(Cc2ccc(/C=C/C(=O)OCC)cc2)c1C. The van der Waals surface area contributed by atoms with Crippen molar-refractivity contribution in [2.75, 3.05) is 13.7 Å². The Kier molecular flexibility index (Phi) is 19.7. The van der Waals surface area contributed by atoms with Crippen molar-refractivity contribution in [3.8, 4) is 0 Å². The predicted molar refractivity (Wildman–Crippen MR) is 189 cm³/mol. The summed E-state index contributed by atoms with van der Waals surface area (Å²) in [4.78, 5) is 37.2. The standard InChI is InChI=1S/C40H61NO5/c1-6-8-9-10-11-12-13-14-15-16-17-18-19-20-21-22-37(42)40-32(3)36(28-30-38(43)45-5)41(33(40)4)31-35-25-23-34(24-26-35)27-29-39(44)46-7-2/h23-27,29H,6-22,28,30-31H2,1-5H3/b29-27+. The zero-order valence-corrected chi connectivity index (χ0v) is 29.6. The van der Waals surface area contributed by atoms with Crippen molar-refractivity contribution in [2.45, 2.75) is 150 Å². The summed E-state index contributed by atoms with van der Waals surface area (Å²) in [6, 6.07) is 7.99. The van der Waals surface area contributed by atoms with E-state index in [-0.39, 0.29) is 24.1 Å². The van der Waals surface area contributed by atoms with E-state index in [1.54, 1.807) is 13.0 Å². The topological polar surface area (TPSA) is 74.6 Å². The lowest BCUT2D eigenvalue weighted by atomic mass is 9.99. The van der Waals surface area contributed by atoms with Gasteiger partial charge in [0.05, 0.1) is 20.1 Å². The number of benzene rings is 1. The molecule has 2 aromatic rings. The average Bonchev–Trinajstić information content (AvgIpc) is 3.28. The molecule has 0 N–H and O–H groups in total. The molecule has 1 aromatic carbocycles. The average molecular weight is 636 g/mol. The van der Waals surface area contributed by atoms with Crippen molar-refractivity contribution in [2.24, 2.45) is 0 Å². The third-order valence-corrected chi connectivity index (χ3v) is 9.00. The summed E-state index contributed by atoms with van der Waals surface area (Å²) < 4.78 is 12.0. The third kappa shape index (κ3) is 14.5. The minimum atomic E-state index is -0.359. The highest BCUT2D eigenvalue weighted by Crippen LogP contribution is 2.27. The molecule has 0 saturated heterocycles. The molecule has 0 bridgehead atoms. The maximum absolute atomic E-state index is 13.5. The summed E-state index contributed by atoms with van der Waals surface area (Å²) in [5.74, 6) is -0.419. The summed E-state index contributed by atoms with van der Waals surface area (Å²) >= 11 is 0. The zero-order chi connectivity index (χ0) is 33.6. The van der Waals surface area contributed by atoms with Gasteiger partial charge in [0.25, 0.3) is 0 Å². The first kappa shape index (κ1) is 39.0. The molecular formula is C40H61NO5. The van der Waals surface area contributed by atoms with E-state index < -0.39 is 0 Å². The molecular weight excluding hydrogens is 574 g/mol. The smallest absolute Gasteiger partial charge is 0.330 e. The van der Waals surface area contributed by atoms with Gasteiger partial charge in [-0.15, -0.1) is 0 Å². The fourth-order valence-corrected chi connectivity index (χ4v) is 6.28. The van der Waals surface area contributed by atoms with Crippen LogP contribution in [0.4, 0.5) is 0 Å². The van der Waals surface area contributed by atoms with Gasteiger partial charge >= 0.3 is 11.9 Å². The van der Waals surface area contributed by atoms with E-state index in [2.05, 4.69) is 11.5 Å². The lowest BCUT2D eigenvalue weighted by molar-refractivity contribution is -0.140. The second kappa shape index (κ2) is 23.2. The van der Waals surface area contributed by atoms with Gasteiger partial charge in [0.2, 0.25) is 0 Å². The van der Waals surface area contributed by atoms with E-state index >= 15 is 0 Å². The van der Waals surface area contributed by atoms with Gasteiger partial charge in [-0.3, -0.25) is 9.59 Å². The molecule has 2 rings (SSSR count). The van der Waals surface area contributed by atoms with Crippen molar-refractivity contribution in [1.29, 1.82) is 0 Å². The number of unbranched alkanes of at least 4 members (excludes halogenated alkanes) is 14. The Hall–Kier alpha value is -3.15. The highest BCUT2D eigenvalue weighted by Gasteiger charge is 2.23. The number of hydrogen-bond donors (Lipinski definition) is 0. The summed E-state index contributed by atoms with van der Waals surface area (Å²) in [6.07, 6.45) is 24.1. The maximum atomic E-state index is 13.5. The van der Waals surface area contributed by atoms with E-state index in [9.17, 15) is 14.4 Å². The van der Waals surface area contributed by atoms with Crippen LogP contribution in [0.5, 0.6) is 0 Å². The molecule has 46 heavy (non-hydrogen) atoms. The van der Waals surface area contributed by atoms with Gasteiger partial charge in [-0.1, -0.05) is 121 Å². The van der Waals surface area contributed by atoms with Gasteiger partial charge in [0.1, 0.15) is 0 Å². The monoisotopic (exact) mass is 635 g/mol. The van der Waals surface area contributed by atoms with Crippen molar-refractivity contribution in [3.05, 3.63) is 64.0 Å². The van der Waals surface area contributed by atoms with Crippen LogP contribution in [-0.2, 0) is 32.0 Å². The van der Waals surface area contributed by atoms with E-state index in [0.717, 1.165) is 46.5 Å². The first-order valence-electron chi connectivity index (χ1n) is 18.0. The number of ketones is 1. The number of Topliss-reactive ketones (excluding diaryl/α,β-unsaturated/α-hetero) is 1. The van der Waals surface area contributed by atoms with E-state index in [0.29, 0.717) is 26.0 Å². The lowest BCUT2D eigenvalue weighted by Crippen LogP contribution is -2.10. The largest absolute Gasteiger partial charge is 0.469 e. The van der Waals surface area contributed by atoms with Gasteiger partial charge in [-0.2, -0.15) is 0 Å². The van der Waals surface area contributed by atoms with Gasteiger partial charge in [-0.05, 0) is 56.4 Å². The van der Waals surface area contributed by atoms with Crippen molar-refractivity contribution in [1.82, 2.24) is 4.57 Å². The number of esters is 2.